The quantitative estimate of drug-likeness (QED) is 0.155. The van der Waals surface area contributed by atoms with Crippen LogP contribution >= 0.6 is 0 Å². The first-order valence-electron chi connectivity index (χ1n) is 9.32. The van der Waals surface area contributed by atoms with Crippen LogP contribution in [0.3, 0.4) is 0 Å². The van der Waals surface area contributed by atoms with E-state index in [0.29, 0.717) is 11.5 Å². The molecule has 0 bridgehead atoms. The Kier molecular flexibility index (Phi) is 15.9. The van der Waals surface area contributed by atoms with Gasteiger partial charge in [0.25, 0.3) is 10.4 Å². The van der Waals surface area contributed by atoms with Gasteiger partial charge in [-0.2, -0.15) is 0 Å². The van der Waals surface area contributed by atoms with Crippen LogP contribution in [-0.2, 0) is 25.2 Å². The van der Waals surface area contributed by atoms with E-state index in [4.69, 9.17) is 0 Å². The minimum absolute atomic E-state index is 0.597. The highest BCUT2D eigenvalue weighted by atomic mass is 32.3. The molecule has 0 aliphatic rings. The fraction of sp³-hybridized carbons (Fsp3) is 1.00. The van der Waals surface area contributed by atoms with Gasteiger partial charge in [-0.05, 0) is 19.8 Å². The van der Waals surface area contributed by atoms with Crippen molar-refractivity contribution in [1.82, 2.24) is 0 Å². The average molecular weight is 369 g/mol. The molecule has 140 valence electrons. The van der Waals surface area contributed by atoms with Gasteiger partial charge in [0.1, 0.15) is 11.5 Å². The zero-order chi connectivity index (χ0) is 17.4. The normalized spacial score (nSPS) is 13.3. The minimum Gasteiger partial charge on any atom is -0.722 e. The molecule has 0 fully saturated rings. The van der Waals surface area contributed by atoms with Gasteiger partial charge in [0.15, 0.2) is 11.2 Å². The van der Waals surface area contributed by atoms with Crippen LogP contribution in [0.5, 0.6) is 0 Å². The summed E-state index contributed by atoms with van der Waals surface area (Å²) >= 11 is -0.717. The largest absolute Gasteiger partial charge is 0.722 e. The number of hydrogen-bond acceptors (Lipinski definition) is 4. The van der Waals surface area contributed by atoms with Gasteiger partial charge in [-0.1, -0.05) is 81.2 Å². The second-order valence-electron chi connectivity index (χ2n) is 6.15. The minimum atomic E-state index is -4.54. The molecule has 0 aliphatic heterocycles. The molecule has 0 spiro atoms. The van der Waals surface area contributed by atoms with Crippen molar-refractivity contribution in [1.29, 1.82) is 0 Å². The van der Waals surface area contributed by atoms with Crippen LogP contribution in [0.2, 0.25) is 0 Å². The van der Waals surface area contributed by atoms with E-state index >= 15 is 0 Å². The predicted octanol–water partition coefficient (Wildman–Crippen LogP) is 5.11. The van der Waals surface area contributed by atoms with E-state index in [-0.39, 0.29) is 0 Å². The Hall–Kier alpha value is 0.220. The Labute approximate surface area is 147 Å². The average Bonchev–Trinajstić information content (AvgIpc) is 2.49. The van der Waals surface area contributed by atoms with Gasteiger partial charge in [0, 0.05) is 0 Å². The van der Waals surface area contributed by atoms with Gasteiger partial charge < -0.3 is 4.55 Å². The van der Waals surface area contributed by atoms with Crippen LogP contribution in [0.15, 0.2) is 0 Å². The Morgan fingerprint density at radius 2 is 1.13 bits per heavy atom. The Bertz CT molecular complexity index is 345. The maximum atomic E-state index is 10.6. The van der Waals surface area contributed by atoms with E-state index in [1.54, 1.807) is 0 Å². The molecule has 0 rings (SSSR count). The molecule has 1 unspecified atom stereocenters. The highest BCUT2D eigenvalue weighted by Crippen LogP contribution is 2.13. The van der Waals surface area contributed by atoms with Gasteiger partial charge in [-0.15, -0.1) is 0 Å². The second-order valence-corrected chi connectivity index (χ2v) is 9.38. The van der Waals surface area contributed by atoms with Crippen molar-refractivity contribution in [3.8, 4) is 0 Å². The van der Waals surface area contributed by atoms with Crippen LogP contribution in [0.4, 0.5) is 0 Å². The van der Waals surface area contributed by atoms with Gasteiger partial charge >= 0.3 is 0 Å². The summed E-state index contributed by atoms with van der Waals surface area (Å²) in [5, 5.41) is 0. The lowest BCUT2D eigenvalue weighted by Gasteiger charge is -2.07. The molecule has 0 aliphatic carbocycles. The molecular formula is C17H36O4S2. The van der Waals surface area contributed by atoms with E-state index in [1.165, 1.54) is 70.6 Å². The van der Waals surface area contributed by atoms with Crippen LogP contribution < -0.4 is 0 Å². The first kappa shape index (κ1) is 23.2. The highest BCUT2D eigenvalue weighted by Gasteiger charge is 2.21. The first-order valence-corrected chi connectivity index (χ1v) is 12.1. The summed E-state index contributed by atoms with van der Waals surface area (Å²) in [4.78, 5) is 0. The van der Waals surface area contributed by atoms with Crippen molar-refractivity contribution in [2.24, 2.45) is 0 Å². The molecule has 0 radical (unpaired) electrons. The van der Waals surface area contributed by atoms with Gasteiger partial charge in [-0.25, -0.2) is 8.42 Å². The number of unbranched alkanes of at least 4 members (excludes halogenated alkanes) is 12. The molecule has 0 saturated carbocycles. The van der Waals surface area contributed by atoms with Crippen LogP contribution in [0.25, 0.3) is 0 Å². The third-order valence-electron chi connectivity index (χ3n) is 3.98. The summed E-state index contributed by atoms with van der Waals surface area (Å²) < 4.78 is 36.2. The molecule has 0 amide bonds. The van der Waals surface area contributed by atoms with Crippen molar-refractivity contribution >= 4 is 21.6 Å². The summed E-state index contributed by atoms with van der Waals surface area (Å²) in [6.07, 6.45) is 16.8. The monoisotopic (exact) mass is 368 g/mol. The maximum Gasteiger partial charge on any atom is 0.265 e. The fourth-order valence-corrected chi connectivity index (χ4v) is 5.04. The standard InChI is InChI=1S/C17H36O4S2/c1-3-5-6-7-8-9-10-11-12-13-14-15-16-17-22(4-2)21-23(18,19)20/h3-17H2,1-2H3. The second kappa shape index (κ2) is 15.7. The van der Waals surface area contributed by atoms with Crippen molar-refractivity contribution in [2.45, 2.75) is 97.3 Å². The Morgan fingerprint density at radius 3 is 1.48 bits per heavy atom. The van der Waals surface area contributed by atoms with Crippen molar-refractivity contribution in [3.63, 3.8) is 0 Å². The van der Waals surface area contributed by atoms with Crippen molar-refractivity contribution < 1.29 is 16.6 Å². The maximum absolute atomic E-state index is 10.6. The SMILES string of the molecule is CCCCCCCCCCCCCCC[S+](CC)OS(=O)(=O)[O-]. The molecule has 6 heteroatoms. The molecule has 0 heterocycles. The summed E-state index contributed by atoms with van der Waals surface area (Å²) in [5.74, 6) is 1.29. The summed E-state index contributed by atoms with van der Waals surface area (Å²) in [6, 6.07) is 0. The Balaban J connectivity index is 3.29. The molecule has 0 aromatic carbocycles. The van der Waals surface area contributed by atoms with E-state index in [1.807, 2.05) is 6.92 Å². The number of hydrogen-bond donors (Lipinski definition) is 0. The summed E-state index contributed by atoms with van der Waals surface area (Å²) in [7, 11) is -4.54. The molecular weight excluding hydrogens is 332 g/mol. The van der Waals surface area contributed by atoms with Crippen LogP contribution in [0.1, 0.15) is 97.3 Å². The first-order chi connectivity index (χ1) is 11.0. The Morgan fingerprint density at radius 1 is 0.739 bits per heavy atom. The third kappa shape index (κ3) is 18.4. The van der Waals surface area contributed by atoms with E-state index in [9.17, 15) is 13.0 Å². The molecule has 0 saturated heterocycles. The lowest BCUT2D eigenvalue weighted by Crippen LogP contribution is -2.18. The smallest absolute Gasteiger partial charge is 0.265 e. The molecule has 0 aromatic rings. The predicted molar refractivity (Wildman–Crippen MR) is 99.3 cm³/mol. The summed E-state index contributed by atoms with van der Waals surface area (Å²) in [5.41, 5.74) is 0. The molecule has 0 N–H and O–H groups in total. The van der Waals surface area contributed by atoms with Crippen LogP contribution in [0, 0.1) is 0 Å². The molecule has 1 atom stereocenters. The number of rotatable bonds is 17. The highest BCUT2D eigenvalue weighted by molar-refractivity contribution is 8.00. The summed E-state index contributed by atoms with van der Waals surface area (Å²) in [6.45, 7) is 4.11. The lowest BCUT2D eigenvalue weighted by atomic mass is 10.1. The zero-order valence-corrected chi connectivity index (χ0v) is 16.7. The van der Waals surface area contributed by atoms with E-state index in [2.05, 4.69) is 10.6 Å². The van der Waals surface area contributed by atoms with E-state index in [0.717, 1.165) is 12.8 Å². The molecule has 4 nitrogen and oxygen atoms in total. The lowest BCUT2D eigenvalue weighted by molar-refractivity contribution is 0.387. The third-order valence-corrected chi connectivity index (χ3v) is 6.80. The van der Waals surface area contributed by atoms with Crippen molar-refractivity contribution in [2.75, 3.05) is 11.5 Å². The van der Waals surface area contributed by atoms with Crippen LogP contribution in [-0.4, -0.2) is 24.5 Å². The van der Waals surface area contributed by atoms with Crippen molar-refractivity contribution in [3.05, 3.63) is 0 Å². The zero-order valence-electron chi connectivity index (χ0n) is 15.1. The molecule has 23 heavy (non-hydrogen) atoms. The topological polar surface area (TPSA) is 66.4 Å². The van der Waals surface area contributed by atoms with Gasteiger partial charge in [0.05, 0.1) is 0 Å². The van der Waals surface area contributed by atoms with Gasteiger partial charge in [-0.3, -0.25) is 0 Å². The molecule has 0 aromatic heterocycles. The van der Waals surface area contributed by atoms with E-state index < -0.39 is 21.6 Å². The van der Waals surface area contributed by atoms with Gasteiger partial charge in [0.2, 0.25) is 0 Å². The fourth-order valence-electron chi connectivity index (χ4n) is 2.63.